The van der Waals surface area contributed by atoms with Crippen molar-refractivity contribution in [3.05, 3.63) is 12.2 Å². The summed E-state index contributed by atoms with van der Waals surface area (Å²) in [6.45, 7) is 3.95. The number of ketones is 1. The Morgan fingerprint density at radius 1 is 0.737 bits per heavy atom. The smallest absolute Gasteiger partial charge is 0.129 e. The lowest BCUT2D eigenvalue weighted by Crippen LogP contribution is -1.88. The Morgan fingerprint density at radius 2 is 1.21 bits per heavy atom. The molecule has 0 aromatic heterocycles. The minimum Gasteiger partial charge on any atom is -0.300 e. The molecule has 0 saturated carbocycles. The number of hydrogen-bond acceptors (Lipinski definition) is 1. The van der Waals surface area contributed by atoms with Crippen molar-refractivity contribution in [2.75, 3.05) is 0 Å². The van der Waals surface area contributed by atoms with Gasteiger partial charge in [-0.25, -0.2) is 0 Å². The van der Waals surface area contributed by atoms with E-state index in [1.54, 1.807) is 6.92 Å². The zero-order valence-corrected chi connectivity index (χ0v) is 13.3. The highest BCUT2D eigenvalue weighted by molar-refractivity contribution is 5.75. The Bertz CT molecular complexity index is 218. The van der Waals surface area contributed by atoms with E-state index in [2.05, 4.69) is 19.1 Å². The molecule has 0 amide bonds. The van der Waals surface area contributed by atoms with Gasteiger partial charge in [0.1, 0.15) is 5.78 Å². The molecule has 0 saturated heterocycles. The molecule has 0 rings (SSSR count). The van der Waals surface area contributed by atoms with Crippen LogP contribution in [0.2, 0.25) is 0 Å². The third-order valence-corrected chi connectivity index (χ3v) is 3.54. The van der Waals surface area contributed by atoms with Crippen LogP contribution in [0.5, 0.6) is 0 Å². The lowest BCUT2D eigenvalue weighted by molar-refractivity contribution is -0.117. The van der Waals surface area contributed by atoms with Gasteiger partial charge >= 0.3 is 0 Å². The summed E-state index contributed by atoms with van der Waals surface area (Å²) in [5.41, 5.74) is 0. The Morgan fingerprint density at radius 3 is 1.74 bits per heavy atom. The summed E-state index contributed by atoms with van der Waals surface area (Å²) < 4.78 is 0. The molecule has 0 aromatic carbocycles. The SMILES string of the molecule is CCCCCCCCC=CCCCCCCC(C)=O. The Kier molecular flexibility index (Phi) is 15.0. The van der Waals surface area contributed by atoms with Crippen molar-refractivity contribution in [1.82, 2.24) is 0 Å². The molecule has 0 N–H and O–H groups in total. The molecule has 0 spiro atoms. The summed E-state index contributed by atoms with van der Waals surface area (Å²) in [5, 5.41) is 0. The number of rotatable bonds is 14. The van der Waals surface area contributed by atoms with Gasteiger partial charge in [-0.05, 0) is 39.0 Å². The van der Waals surface area contributed by atoms with Gasteiger partial charge in [0.25, 0.3) is 0 Å². The molecule has 0 aromatic rings. The predicted molar refractivity (Wildman–Crippen MR) is 85.5 cm³/mol. The summed E-state index contributed by atoms with van der Waals surface area (Å²) in [6.07, 6.45) is 21.1. The van der Waals surface area contributed by atoms with Crippen LogP contribution < -0.4 is 0 Å². The Hall–Kier alpha value is -0.590. The van der Waals surface area contributed by atoms with Crippen molar-refractivity contribution in [1.29, 1.82) is 0 Å². The molecular weight excluding hydrogens is 232 g/mol. The van der Waals surface area contributed by atoms with Gasteiger partial charge in [-0.3, -0.25) is 0 Å². The van der Waals surface area contributed by atoms with Gasteiger partial charge in [0.05, 0.1) is 0 Å². The second kappa shape index (κ2) is 15.5. The van der Waals surface area contributed by atoms with Crippen LogP contribution in [0.3, 0.4) is 0 Å². The van der Waals surface area contributed by atoms with E-state index in [-0.39, 0.29) is 0 Å². The minimum atomic E-state index is 0.332. The molecule has 0 unspecified atom stereocenters. The van der Waals surface area contributed by atoms with E-state index in [0.29, 0.717) is 5.78 Å². The van der Waals surface area contributed by atoms with Crippen LogP contribution in [-0.2, 0) is 4.79 Å². The van der Waals surface area contributed by atoms with Gasteiger partial charge in [-0.15, -0.1) is 0 Å². The minimum absolute atomic E-state index is 0.332. The van der Waals surface area contributed by atoms with Crippen LogP contribution in [0, 0.1) is 0 Å². The van der Waals surface area contributed by atoms with Crippen LogP contribution in [0.1, 0.15) is 97.3 Å². The van der Waals surface area contributed by atoms with Crippen molar-refractivity contribution in [3.8, 4) is 0 Å². The summed E-state index contributed by atoms with van der Waals surface area (Å²) in [5.74, 6) is 0.332. The van der Waals surface area contributed by atoms with E-state index in [1.807, 2.05) is 0 Å². The number of carbonyl (C=O) groups excluding carboxylic acids is 1. The number of hydrogen-bond donors (Lipinski definition) is 0. The lowest BCUT2D eigenvalue weighted by Gasteiger charge is -1.98. The van der Waals surface area contributed by atoms with Crippen LogP contribution >= 0.6 is 0 Å². The maximum absolute atomic E-state index is 10.8. The monoisotopic (exact) mass is 266 g/mol. The third-order valence-electron chi connectivity index (χ3n) is 3.54. The second-order valence-electron chi connectivity index (χ2n) is 5.68. The Labute approximate surface area is 120 Å². The fourth-order valence-corrected chi connectivity index (χ4v) is 2.27. The number of allylic oxidation sites excluding steroid dienone is 2. The number of carbonyl (C=O) groups is 1. The number of Topliss-reactive ketones (excluding diaryl/α,β-unsaturated/α-hetero) is 1. The first-order chi connectivity index (χ1) is 9.27. The van der Waals surface area contributed by atoms with E-state index < -0.39 is 0 Å². The fourth-order valence-electron chi connectivity index (χ4n) is 2.27. The average Bonchev–Trinajstić information content (AvgIpc) is 2.39. The van der Waals surface area contributed by atoms with Gasteiger partial charge in [0.2, 0.25) is 0 Å². The summed E-state index contributed by atoms with van der Waals surface area (Å²) in [4.78, 5) is 10.8. The van der Waals surface area contributed by atoms with Crippen LogP contribution in [0.15, 0.2) is 12.2 Å². The highest BCUT2D eigenvalue weighted by atomic mass is 16.1. The summed E-state index contributed by atoms with van der Waals surface area (Å²) >= 11 is 0. The zero-order chi connectivity index (χ0) is 14.2. The summed E-state index contributed by atoms with van der Waals surface area (Å²) in [6, 6.07) is 0. The lowest BCUT2D eigenvalue weighted by atomic mass is 10.1. The molecule has 0 aliphatic rings. The van der Waals surface area contributed by atoms with E-state index in [9.17, 15) is 4.79 Å². The van der Waals surface area contributed by atoms with Crippen molar-refractivity contribution >= 4 is 5.78 Å². The van der Waals surface area contributed by atoms with E-state index >= 15 is 0 Å². The molecule has 19 heavy (non-hydrogen) atoms. The molecule has 112 valence electrons. The molecule has 1 nitrogen and oxygen atoms in total. The zero-order valence-electron chi connectivity index (χ0n) is 13.3. The maximum atomic E-state index is 10.8. The largest absolute Gasteiger partial charge is 0.300 e. The molecule has 0 heterocycles. The van der Waals surface area contributed by atoms with Crippen molar-refractivity contribution in [2.45, 2.75) is 97.3 Å². The molecule has 0 atom stereocenters. The standard InChI is InChI=1S/C18H34O/c1-3-4-5-6-7-8-9-10-11-12-13-14-15-16-17-18(2)19/h10-11H,3-9,12-17H2,1-2H3. The van der Waals surface area contributed by atoms with Gasteiger partial charge in [-0.2, -0.15) is 0 Å². The highest BCUT2D eigenvalue weighted by Crippen LogP contribution is 2.09. The van der Waals surface area contributed by atoms with Gasteiger partial charge in [0.15, 0.2) is 0 Å². The molecule has 0 aliphatic carbocycles. The quantitative estimate of drug-likeness (QED) is 0.269. The molecular formula is C18H34O. The first-order valence-corrected chi connectivity index (χ1v) is 8.41. The van der Waals surface area contributed by atoms with E-state index in [1.165, 1.54) is 70.6 Å². The van der Waals surface area contributed by atoms with Crippen molar-refractivity contribution in [3.63, 3.8) is 0 Å². The van der Waals surface area contributed by atoms with Gasteiger partial charge in [0, 0.05) is 6.42 Å². The first kappa shape index (κ1) is 18.4. The van der Waals surface area contributed by atoms with Crippen LogP contribution in [0.25, 0.3) is 0 Å². The predicted octanol–water partition coefficient (Wildman–Crippen LogP) is 6.22. The van der Waals surface area contributed by atoms with E-state index in [4.69, 9.17) is 0 Å². The van der Waals surface area contributed by atoms with Crippen LogP contribution in [0.4, 0.5) is 0 Å². The normalized spacial score (nSPS) is 11.3. The second-order valence-corrected chi connectivity index (χ2v) is 5.68. The molecule has 0 fully saturated rings. The van der Waals surface area contributed by atoms with Gasteiger partial charge < -0.3 is 4.79 Å². The molecule has 0 radical (unpaired) electrons. The van der Waals surface area contributed by atoms with Crippen LogP contribution in [-0.4, -0.2) is 5.78 Å². The maximum Gasteiger partial charge on any atom is 0.129 e. The van der Waals surface area contributed by atoms with E-state index in [0.717, 1.165) is 12.8 Å². The van der Waals surface area contributed by atoms with Crippen molar-refractivity contribution < 1.29 is 4.79 Å². The fraction of sp³-hybridized carbons (Fsp3) is 0.833. The topological polar surface area (TPSA) is 17.1 Å². The third kappa shape index (κ3) is 17.4. The number of unbranched alkanes of at least 4 members (excludes halogenated alkanes) is 10. The van der Waals surface area contributed by atoms with Gasteiger partial charge in [-0.1, -0.05) is 64.0 Å². The van der Waals surface area contributed by atoms with Crippen molar-refractivity contribution in [2.24, 2.45) is 0 Å². The average molecular weight is 266 g/mol. The summed E-state index contributed by atoms with van der Waals surface area (Å²) in [7, 11) is 0. The molecule has 1 heteroatoms. The molecule has 0 aliphatic heterocycles. The highest BCUT2D eigenvalue weighted by Gasteiger charge is 1.93. The first-order valence-electron chi connectivity index (χ1n) is 8.41. The Balaban J connectivity index is 3.07. The molecule has 0 bridgehead atoms.